The number of benzene rings is 2. The molecule has 0 spiro atoms. The van der Waals surface area contributed by atoms with E-state index in [1.54, 1.807) is 98.8 Å². The second kappa shape index (κ2) is 26.2. The van der Waals surface area contributed by atoms with E-state index in [1.165, 1.54) is 22.3 Å². The van der Waals surface area contributed by atoms with Crippen molar-refractivity contribution >= 4 is 29.5 Å². The topological polar surface area (TPSA) is 102 Å². The van der Waals surface area contributed by atoms with Gasteiger partial charge in [0.15, 0.2) is 29.5 Å². The average molecular weight is 887 g/mol. The maximum Gasteiger partial charge on any atom is 0.185 e. The van der Waals surface area contributed by atoms with Crippen LogP contribution >= 0.6 is 0 Å². The number of hydrogen-bond acceptors (Lipinski definition) is 6. The van der Waals surface area contributed by atoms with E-state index in [0.29, 0.717) is 11.1 Å². The van der Waals surface area contributed by atoms with Crippen molar-refractivity contribution in [1.82, 2.24) is 0 Å². The molecule has 6 nitrogen and oxygen atoms in total. The molecule has 2 atom stereocenters. The Morgan fingerprint density at radius 3 is 1.15 bits per heavy atom. The Bertz CT molecular complexity index is 2210. The molecule has 0 saturated heterocycles. The maximum atomic E-state index is 13.9. The molecule has 0 aliphatic carbocycles. The van der Waals surface area contributed by atoms with Gasteiger partial charge in [0.05, 0.1) is 31.8 Å². The first-order chi connectivity index (χ1) is 28.6. The molecule has 2 unspecified atom stereocenters. The minimum atomic E-state index is -3.79. The van der Waals surface area contributed by atoms with E-state index in [4.69, 9.17) is 0 Å². The minimum Gasteiger partial charge on any atom is -0.228 e. The minimum absolute atomic E-state index is 0.120. The molecule has 0 bridgehead atoms. The van der Waals surface area contributed by atoms with Crippen LogP contribution in [0.2, 0.25) is 0 Å². The Morgan fingerprint density at radius 2 is 0.820 bits per heavy atom. The van der Waals surface area contributed by atoms with Crippen LogP contribution in [0, 0.1) is 0 Å². The molecular weight excluding hydrogens is 817 g/mol. The molecule has 0 radical (unpaired) electrons. The average Bonchev–Trinajstić information content (AvgIpc) is 3.19. The molecule has 61 heavy (non-hydrogen) atoms. The van der Waals surface area contributed by atoms with Crippen LogP contribution in [0.3, 0.4) is 0 Å². The van der Waals surface area contributed by atoms with E-state index in [0.717, 1.165) is 36.8 Å². The Kier molecular flexibility index (Phi) is 22.7. The highest BCUT2D eigenvalue weighted by Gasteiger charge is 2.27. The van der Waals surface area contributed by atoms with Crippen molar-refractivity contribution < 1.29 is 25.3 Å². The van der Waals surface area contributed by atoms with Gasteiger partial charge in [0, 0.05) is 0 Å². The van der Waals surface area contributed by atoms with Crippen LogP contribution in [0.15, 0.2) is 188 Å². The first-order valence-electron chi connectivity index (χ1n) is 21.0. The molecule has 0 fully saturated rings. The predicted molar refractivity (Wildman–Crippen MR) is 261 cm³/mol. The van der Waals surface area contributed by atoms with Gasteiger partial charge in [-0.25, -0.2) is 25.3 Å². The van der Waals surface area contributed by atoms with Crippen LogP contribution in [0.5, 0.6) is 0 Å². The smallest absolute Gasteiger partial charge is 0.185 e. The number of sulfone groups is 3. The molecule has 0 aromatic heterocycles. The van der Waals surface area contributed by atoms with Crippen LogP contribution in [0.4, 0.5) is 0 Å². The predicted octanol–water partition coefficient (Wildman–Crippen LogP) is 13.1. The van der Waals surface area contributed by atoms with Gasteiger partial charge in [-0.3, -0.25) is 0 Å². The molecule has 9 heteroatoms. The van der Waals surface area contributed by atoms with Gasteiger partial charge in [-0.2, -0.15) is 0 Å². The van der Waals surface area contributed by atoms with Gasteiger partial charge in [-0.05, 0) is 132 Å². The lowest BCUT2D eigenvalue weighted by atomic mass is 10.1. The molecule has 0 aliphatic heterocycles. The molecule has 0 amide bonds. The molecule has 2 rings (SSSR count). The highest BCUT2D eigenvalue weighted by molar-refractivity contribution is 7.92. The van der Waals surface area contributed by atoms with Gasteiger partial charge in [0.2, 0.25) is 0 Å². The van der Waals surface area contributed by atoms with Crippen molar-refractivity contribution in [3.05, 3.63) is 178 Å². The van der Waals surface area contributed by atoms with Gasteiger partial charge in [-0.15, -0.1) is 0 Å². The van der Waals surface area contributed by atoms with E-state index in [1.807, 2.05) is 50.3 Å². The molecule has 0 N–H and O–H groups in total. The summed E-state index contributed by atoms with van der Waals surface area (Å²) in [6.45, 7) is 19.7. The summed E-state index contributed by atoms with van der Waals surface area (Å²) in [5.41, 5.74) is 7.85. The monoisotopic (exact) mass is 886 g/mol. The Balaban J connectivity index is 2.30. The van der Waals surface area contributed by atoms with E-state index >= 15 is 0 Å². The lowest BCUT2D eigenvalue weighted by molar-refractivity contribution is 0.585. The standard InChI is InChI=1S/C52H70O6S3/c1-41(2)21-17-23-43(5)25-19-27-45(7)37-51(60(55,56)49-29-13-11-14-30-49)39-47(9)33-35-59(53,54)36-34-48(10)40-52(61(57,58)50-31-15-12-16-32-50)38-46(8)28-20-26-44(6)24-18-22-42(3)4/h11-16,19-22,25-34,37-38,51-52H,17-18,23-24,35-36,39-40H2,1-10H3. The Hall–Kier alpha value is -4.31. The van der Waals surface area contributed by atoms with E-state index in [2.05, 4.69) is 53.7 Å². The van der Waals surface area contributed by atoms with Gasteiger partial charge < -0.3 is 0 Å². The van der Waals surface area contributed by atoms with Crippen molar-refractivity contribution in [3.8, 4) is 0 Å². The fourth-order valence-corrected chi connectivity index (χ4v) is 11.0. The zero-order valence-electron chi connectivity index (χ0n) is 38.2. The summed E-state index contributed by atoms with van der Waals surface area (Å²) in [4.78, 5) is 0.408. The van der Waals surface area contributed by atoms with Gasteiger partial charge in [-0.1, -0.05) is 154 Å². The van der Waals surface area contributed by atoms with Crippen molar-refractivity contribution in [1.29, 1.82) is 0 Å². The maximum absolute atomic E-state index is 13.9. The van der Waals surface area contributed by atoms with Crippen molar-refractivity contribution in [2.75, 3.05) is 11.5 Å². The first kappa shape index (κ1) is 52.8. The fraction of sp³-hybridized carbons (Fsp3) is 0.385. The summed E-state index contributed by atoms with van der Waals surface area (Å²) in [6, 6.07) is 16.6. The zero-order chi connectivity index (χ0) is 45.6. The highest BCUT2D eigenvalue weighted by atomic mass is 32.2. The molecule has 0 heterocycles. The number of hydrogen-bond donors (Lipinski definition) is 0. The van der Waals surface area contributed by atoms with Crippen molar-refractivity contribution in [2.45, 2.75) is 128 Å². The molecule has 2 aromatic rings. The molecule has 0 saturated carbocycles. The van der Waals surface area contributed by atoms with Crippen LogP contribution in [-0.2, 0) is 29.5 Å². The third kappa shape index (κ3) is 20.9. The fourth-order valence-electron chi connectivity index (χ4n) is 6.26. The lowest BCUT2D eigenvalue weighted by Gasteiger charge is -2.16. The third-order valence-corrected chi connectivity index (χ3v) is 15.3. The summed E-state index contributed by atoms with van der Waals surface area (Å²) < 4.78 is 82.3. The van der Waals surface area contributed by atoms with Crippen LogP contribution in [0.1, 0.15) is 108 Å². The molecule has 2 aromatic carbocycles. The van der Waals surface area contributed by atoms with Gasteiger partial charge in [0.1, 0.15) is 0 Å². The van der Waals surface area contributed by atoms with Crippen molar-refractivity contribution in [3.63, 3.8) is 0 Å². The quantitative estimate of drug-likeness (QED) is 0.0768. The number of rotatable bonds is 24. The van der Waals surface area contributed by atoms with Crippen LogP contribution in [-0.4, -0.2) is 47.3 Å². The molecule has 0 aliphatic rings. The Labute approximate surface area is 370 Å². The third-order valence-electron chi connectivity index (χ3n) is 9.92. The molecule has 332 valence electrons. The second-order valence-corrected chi connectivity index (χ2v) is 23.1. The normalized spacial score (nSPS) is 15.3. The molecular formula is C52H70O6S3. The summed E-state index contributed by atoms with van der Waals surface area (Å²) in [5.74, 6) is -0.562. The number of allylic oxidation sites excluding steroid dienone is 16. The summed E-state index contributed by atoms with van der Waals surface area (Å²) in [6.07, 6.45) is 26.8. The van der Waals surface area contributed by atoms with Crippen molar-refractivity contribution in [2.24, 2.45) is 0 Å². The van der Waals surface area contributed by atoms with Gasteiger partial charge >= 0.3 is 0 Å². The van der Waals surface area contributed by atoms with E-state index < -0.39 is 40.0 Å². The first-order valence-corrected chi connectivity index (χ1v) is 25.9. The SMILES string of the molecule is CC(C)=CCCC(C)=CC=CC(C)=CC(CC(C)=CCS(=O)(=O)CC=C(C)CC(C=C(C)C=CC=C(C)CCC=C(C)C)S(=O)(=O)c1ccccc1)S(=O)(=O)c1ccccc1. The summed E-state index contributed by atoms with van der Waals surface area (Å²) in [5, 5.41) is -1.82. The Morgan fingerprint density at radius 1 is 0.475 bits per heavy atom. The van der Waals surface area contributed by atoms with E-state index in [9.17, 15) is 25.3 Å². The van der Waals surface area contributed by atoms with Crippen LogP contribution < -0.4 is 0 Å². The van der Waals surface area contributed by atoms with Gasteiger partial charge in [0.25, 0.3) is 0 Å². The summed E-state index contributed by atoms with van der Waals surface area (Å²) in [7, 11) is -11.2. The van der Waals surface area contributed by atoms with Crippen LogP contribution in [0.25, 0.3) is 0 Å². The second-order valence-electron chi connectivity index (χ2n) is 16.6. The zero-order valence-corrected chi connectivity index (χ0v) is 40.6. The largest absolute Gasteiger partial charge is 0.228 e. The lowest BCUT2D eigenvalue weighted by Crippen LogP contribution is -2.21. The van der Waals surface area contributed by atoms with E-state index in [-0.39, 0.29) is 34.1 Å². The highest BCUT2D eigenvalue weighted by Crippen LogP contribution is 2.26. The summed E-state index contributed by atoms with van der Waals surface area (Å²) >= 11 is 0.